The van der Waals surface area contributed by atoms with Gasteiger partial charge in [0.1, 0.15) is 5.82 Å². The predicted octanol–water partition coefficient (Wildman–Crippen LogP) is 0.604. The van der Waals surface area contributed by atoms with Crippen molar-refractivity contribution in [3.05, 3.63) is 24.0 Å². The number of benzene rings is 1. The van der Waals surface area contributed by atoms with Crippen LogP contribution in [0, 0.1) is 6.92 Å². The van der Waals surface area contributed by atoms with Crippen molar-refractivity contribution in [2.45, 2.75) is 6.92 Å². The van der Waals surface area contributed by atoms with Gasteiger partial charge < -0.3 is 19.2 Å². The normalized spacial score (nSPS) is 10.5. The second kappa shape index (κ2) is 3.27. The Morgan fingerprint density at radius 2 is 2.27 bits per heavy atom. The Morgan fingerprint density at radius 3 is 2.93 bits per heavy atom. The maximum atomic E-state index is 10.2. The molecule has 2 rings (SSSR count). The topological polar surface area (TPSA) is 67.2 Å². The second-order valence-corrected chi connectivity index (χ2v) is 3.22. The molecule has 1 heterocycles. The second-order valence-electron chi connectivity index (χ2n) is 3.22. The largest absolute Gasteiger partial charge is 0.514 e. The van der Waals surface area contributed by atoms with E-state index in [2.05, 4.69) is 9.72 Å². The predicted molar refractivity (Wildman–Crippen MR) is 51.5 cm³/mol. The van der Waals surface area contributed by atoms with Crippen molar-refractivity contribution < 1.29 is 14.6 Å². The van der Waals surface area contributed by atoms with Gasteiger partial charge in [-0.25, -0.2) is 4.98 Å². The Hall–Kier alpha value is -2.04. The van der Waals surface area contributed by atoms with Gasteiger partial charge in [0.2, 0.25) is 0 Å². The van der Waals surface area contributed by atoms with Crippen molar-refractivity contribution in [3.63, 3.8) is 0 Å². The van der Waals surface area contributed by atoms with Crippen molar-refractivity contribution in [3.8, 4) is 5.75 Å². The molecule has 0 bridgehead atoms. The zero-order valence-corrected chi connectivity index (χ0v) is 8.35. The minimum atomic E-state index is -1.57. The first-order chi connectivity index (χ1) is 7.08. The van der Waals surface area contributed by atoms with E-state index in [-0.39, 0.29) is 5.75 Å². The van der Waals surface area contributed by atoms with Crippen molar-refractivity contribution in [2.24, 2.45) is 7.05 Å². The van der Waals surface area contributed by atoms with Crippen LogP contribution in [0.5, 0.6) is 5.75 Å². The van der Waals surface area contributed by atoms with Gasteiger partial charge >= 0.3 is 0 Å². The molecule has 0 aliphatic rings. The highest BCUT2D eigenvalue weighted by Crippen LogP contribution is 2.20. The Labute approximate surface area is 85.9 Å². The van der Waals surface area contributed by atoms with Gasteiger partial charge in [-0.05, 0) is 25.1 Å². The van der Waals surface area contributed by atoms with Crippen LogP contribution in [0.3, 0.4) is 0 Å². The molecule has 0 fully saturated rings. The van der Waals surface area contributed by atoms with E-state index in [9.17, 15) is 9.90 Å². The summed E-state index contributed by atoms with van der Waals surface area (Å²) in [6, 6.07) is 4.89. The molecular formula is C10H9N2O3-. The van der Waals surface area contributed by atoms with Crippen LogP contribution in [0.25, 0.3) is 11.0 Å². The minimum Gasteiger partial charge on any atom is -0.514 e. The molecule has 0 N–H and O–H groups in total. The number of hydrogen-bond donors (Lipinski definition) is 0. The van der Waals surface area contributed by atoms with Gasteiger partial charge in [0.05, 0.1) is 16.8 Å². The molecule has 0 saturated carbocycles. The lowest BCUT2D eigenvalue weighted by Crippen LogP contribution is -2.26. The molecule has 0 atom stereocenters. The molecule has 0 aliphatic carbocycles. The number of hydrogen-bond acceptors (Lipinski definition) is 4. The van der Waals surface area contributed by atoms with Crippen LogP contribution >= 0.6 is 0 Å². The van der Waals surface area contributed by atoms with Crippen LogP contribution in [0.15, 0.2) is 18.2 Å². The van der Waals surface area contributed by atoms with Gasteiger partial charge in [0.15, 0.2) is 0 Å². The van der Waals surface area contributed by atoms with Crippen LogP contribution < -0.4 is 9.84 Å². The average molecular weight is 205 g/mol. The fourth-order valence-electron chi connectivity index (χ4n) is 1.46. The first-order valence-corrected chi connectivity index (χ1v) is 4.40. The van der Waals surface area contributed by atoms with Crippen molar-refractivity contribution >= 4 is 17.2 Å². The number of fused-ring (bicyclic) bond motifs is 1. The summed E-state index contributed by atoms with van der Waals surface area (Å²) in [4.78, 5) is 14.5. The Kier molecular flexibility index (Phi) is 2.07. The molecule has 15 heavy (non-hydrogen) atoms. The van der Waals surface area contributed by atoms with Crippen LogP contribution in [0.2, 0.25) is 0 Å². The number of aryl methyl sites for hydroxylation is 2. The number of ether oxygens (including phenoxy) is 1. The molecule has 0 unspecified atom stereocenters. The third kappa shape index (κ3) is 1.63. The Balaban J connectivity index is 2.52. The van der Waals surface area contributed by atoms with Crippen LogP contribution in [-0.2, 0) is 7.05 Å². The van der Waals surface area contributed by atoms with Crippen molar-refractivity contribution in [2.75, 3.05) is 0 Å². The van der Waals surface area contributed by atoms with Gasteiger partial charge in [-0.2, -0.15) is 0 Å². The van der Waals surface area contributed by atoms with Crippen LogP contribution in [0.1, 0.15) is 5.82 Å². The number of aromatic nitrogens is 2. The fraction of sp³-hybridized carbons (Fsp3) is 0.200. The molecule has 0 spiro atoms. The standard InChI is InChI=1S/C10H10N2O3/c1-6-11-8-5-7(15-10(13)14)3-4-9(8)12(6)2/h3-5H,1-2H3,(H,13,14)/p-1. The summed E-state index contributed by atoms with van der Waals surface area (Å²) in [5, 5.41) is 10.2. The lowest BCUT2D eigenvalue weighted by Gasteiger charge is -2.07. The highest BCUT2D eigenvalue weighted by Gasteiger charge is 2.04. The van der Waals surface area contributed by atoms with Crippen molar-refractivity contribution in [1.29, 1.82) is 0 Å². The van der Waals surface area contributed by atoms with E-state index < -0.39 is 6.16 Å². The summed E-state index contributed by atoms with van der Waals surface area (Å²) in [7, 11) is 1.89. The highest BCUT2D eigenvalue weighted by atomic mass is 16.7. The summed E-state index contributed by atoms with van der Waals surface area (Å²) in [5.41, 5.74) is 1.63. The zero-order valence-electron chi connectivity index (χ0n) is 8.35. The first-order valence-electron chi connectivity index (χ1n) is 4.40. The number of carboxylic acid groups (broad SMARTS) is 1. The van der Waals surface area contributed by atoms with E-state index >= 15 is 0 Å². The molecule has 5 nitrogen and oxygen atoms in total. The zero-order chi connectivity index (χ0) is 11.0. The molecule has 78 valence electrons. The average Bonchev–Trinajstić information content (AvgIpc) is 2.41. The summed E-state index contributed by atoms with van der Waals surface area (Å²) in [6.07, 6.45) is -1.57. The Morgan fingerprint density at radius 1 is 1.53 bits per heavy atom. The minimum absolute atomic E-state index is 0.223. The molecule has 1 aromatic heterocycles. The van der Waals surface area contributed by atoms with Gasteiger partial charge in [-0.15, -0.1) is 0 Å². The molecule has 0 radical (unpaired) electrons. The van der Waals surface area contributed by atoms with Crippen LogP contribution in [-0.4, -0.2) is 15.7 Å². The van der Waals surface area contributed by atoms with Gasteiger partial charge in [0.25, 0.3) is 6.16 Å². The highest BCUT2D eigenvalue weighted by molar-refractivity contribution is 5.78. The smallest absolute Gasteiger partial charge is 0.257 e. The van der Waals surface area contributed by atoms with Crippen molar-refractivity contribution in [1.82, 2.24) is 9.55 Å². The number of carbonyl (C=O) groups is 1. The van der Waals surface area contributed by atoms with E-state index in [1.165, 1.54) is 0 Å². The summed E-state index contributed by atoms with van der Waals surface area (Å²) < 4.78 is 6.34. The number of imidazole rings is 1. The van der Waals surface area contributed by atoms with Gasteiger partial charge in [-0.1, -0.05) is 0 Å². The van der Waals surface area contributed by atoms with Crippen LogP contribution in [0.4, 0.5) is 4.79 Å². The third-order valence-electron chi connectivity index (χ3n) is 2.28. The van der Waals surface area contributed by atoms with E-state index in [0.717, 1.165) is 11.3 Å². The SMILES string of the molecule is Cc1nc2cc(OC(=O)[O-])ccc2n1C. The lowest BCUT2D eigenvalue weighted by atomic mass is 10.3. The van der Waals surface area contributed by atoms with E-state index in [4.69, 9.17) is 0 Å². The number of rotatable bonds is 1. The summed E-state index contributed by atoms with van der Waals surface area (Å²) >= 11 is 0. The maximum absolute atomic E-state index is 10.2. The third-order valence-corrected chi connectivity index (χ3v) is 2.28. The molecular weight excluding hydrogens is 196 g/mol. The molecule has 0 amide bonds. The number of carbonyl (C=O) groups excluding carboxylic acids is 1. The fourth-order valence-corrected chi connectivity index (χ4v) is 1.46. The Bertz CT molecular complexity index is 531. The van der Waals surface area contributed by atoms with Gasteiger partial charge in [0, 0.05) is 7.05 Å². The number of nitrogens with zero attached hydrogens (tertiary/aromatic N) is 2. The maximum Gasteiger partial charge on any atom is 0.257 e. The van der Waals surface area contributed by atoms with Gasteiger partial charge in [-0.3, -0.25) is 0 Å². The summed E-state index contributed by atoms with van der Waals surface area (Å²) in [5.74, 6) is 1.08. The first kappa shape index (κ1) is 9.51. The monoisotopic (exact) mass is 205 g/mol. The van der Waals surface area contributed by atoms with E-state index in [0.29, 0.717) is 5.52 Å². The lowest BCUT2D eigenvalue weighted by molar-refractivity contribution is -0.271. The molecule has 2 aromatic rings. The molecule has 0 saturated heterocycles. The molecule has 0 aliphatic heterocycles. The molecule has 5 heteroatoms. The summed E-state index contributed by atoms with van der Waals surface area (Å²) in [6.45, 7) is 1.87. The van der Waals surface area contributed by atoms with E-state index in [1.807, 2.05) is 18.5 Å². The quantitative estimate of drug-likeness (QED) is 0.505. The molecule has 1 aromatic carbocycles. The van der Waals surface area contributed by atoms with E-state index in [1.54, 1.807) is 18.2 Å².